The quantitative estimate of drug-likeness (QED) is 0.709. The van der Waals surface area contributed by atoms with E-state index in [0.29, 0.717) is 11.5 Å². The molecular formula is C10H15N4O+. The monoisotopic (exact) mass is 207 g/mol. The van der Waals surface area contributed by atoms with Crippen LogP contribution in [0.2, 0.25) is 0 Å². The summed E-state index contributed by atoms with van der Waals surface area (Å²) in [6.07, 6.45) is 1.62. The van der Waals surface area contributed by atoms with Crippen LogP contribution in [0.4, 0.5) is 0 Å². The largest absolute Gasteiger partial charge is 0.382 e. The highest BCUT2D eigenvalue weighted by Gasteiger charge is 2.59. The number of aromatic amines is 1. The van der Waals surface area contributed by atoms with E-state index in [9.17, 15) is 4.91 Å². The van der Waals surface area contributed by atoms with E-state index in [1.54, 1.807) is 12.3 Å². The first-order valence-electron chi connectivity index (χ1n) is 4.93. The van der Waals surface area contributed by atoms with Crippen molar-refractivity contribution in [1.82, 2.24) is 10.2 Å². The van der Waals surface area contributed by atoms with Gasteiger partial charge in [0.25, 0.3) is 0 Å². The predicted octanol–water partition coefficient (Wildman–Crippen LogP) is 1.51. The topological polar surface area (TPSA) is 61.1 Å². The first-order valence-corrected chi connectivity index (χ1v) is 4.93. The van der Waals surface area contributed by atoms with Gasteiger partial charge in [-0.25, -0.2) is 0 Å². The average molecular weight is 207 g/mol. The highest BCUT2D eigenvalue weighted by Crippen LogP contribution is 2.35. The minimum Gasteiger partial charge on any atom is -0.270 e. The van der Waals surface area contributed by atoms with E-state index in [1.165, 1.54) is 0 Å². The fraction of sp³-hybridized carbons (Fsp3) is 0.600. The van der Waals surface area contributed by atoms with E-state index in [-0.39, 0.29) is 0 Å². The molecule has 1 aliphatic rings. The number of aromatic nitrogens is 2. The number of nitroso groups, excluding NO2 is 1. The van der Waals surface area contributed by atoms with Gasteiger partial charge < -0.3 is 0 Å². The second kappa shape index (κ2) is 2.74. The number of rotatable bonds is 1. The summed E-state index contributed by atoms with van der Waals surface area (Å²) < 4.78 is 0.959. The van der Waals surface area contributed by atoms with Gasteiger partial charge in [-0.3, -0.25) is 5.10 Å². The summed E-state index contributed by atoms with van der Waals surface area (Å²) in [4.78, 5) is 16.5. The standard InChI is InChI=1S/C10H15N4O/c1-9(2)10(3,4)14(15)8(12-9)7-5-6-11-13-7/h5-6H,1-4H3,(H,11,13)/q+1. The van der Waals surface area contributed by atoms with Crippen LogP contribution in [0.15, 0.2) is 17.3 Å². The molecule has 1 N–H and O–H groups in total. The molecule has 0 fully saturated rings. The Morgan fingerprint density at radius 3 is 2.40 bits per heavy atom. The van der Waals surface area contributed by atoms with Gasteiger partial charge in [0.05, 0.1) is 0 Å². The summed E-state index contributed by atoms with van der Waals surface area (Å²) >= 11 is 0. The second-order valence-corrected chi connectivity index (χ2v) is 4.82. The molecule has 1 aliphatic heterocycles. The normalized spacial score (nSPS) is 22.9. The number of nitrogens with one attached hydrogen (secondary N) is 1. The van der Waals surface area contributed by atoms with Gasteiger partial charge in [-0.05, 0) is 38.5 Å². The number of nitrogens with zero attached hydrogens (tertiary/aromatic N) is 3. The SMILES string of the molecule is CC1(C)N=C(c2ccn[nH]2)[N+](=O)C1(C)C. The molecule has 0 spiro atoms. The first kappa shape index (κ1) is 10.0. The molecule has 0 bridgehead atoms. The number of H-pyrrole nitrogens is 1. The molecule has 0 saturated carbocycles. The lowest BCUT2D eigenvalue weighted by Gasteiger charge is -2.21. The number of amidine groups is 1. The molecule has 2 heterocycles. The average Bonchev–Trinajstić information content (AvgIpc) is 2.69. The Hall–Kier alpha value is -1.52. The highest BCUT2D eigenvalue weighted by molar-refractivity contribution is 5.92. The van der Waals surface area contributed by atoms with Gasteiger partial charge >= 0.3 is 5.84 Å². The van der Waals surface area contributed by atoms with Crippen LogP contribution in [0.5, 0.6) is 0 Å². The zero-order chi connectivity index (χ0) is 11.3. The Morgan fingerprint density at radius 1 is 1.33 bits per heavy atom. The second-order valence-electron chi connectivity index (χ2n) is 4.82. The smallest absolute Gasteiger partial charge is 0.270 e. The molecule has 0 atom stereocenters. The Morgan fingerprint density at radius 2 is 2.00 bits per heavy atom. The zero-order valence-electron chi connectivity index (χ0n) is 9.40. The number of hydrogen-bond donors (Lipinski definition) is 1. The van der Waals surface area contributed by atoms with Gasteiger partial charge in [-0.15, -0.1) is 0 Å². The minimum atomic E-state index is -0.534. The summed E-state index contributed by atoms with van der Waals surface area (Å²) in [5.74, 6) is 0.433. The summed E-state index contributed by atoms with van der Waals surface area (Å²) in [6.45, 7) is 7.71. The lowest BCUT2D eigenvalue weighted by atomic mass is 9.84. The van der Waals surface area contributed by atoms with Gasteiger partial charge in [0.2, 0.25) is 0 Å². The van der Waals surface area contributed by atoms with Gasteiger partial charge in [0.15, 0.2) is 16.8 Å². The van der Waals surface area contributed by atoms with E-state index in [0.717, 1.165) is 4.76 Å². The Balaban J connectivity index is 2.50. The van der Waals surface area contributed by atoms with Crippen molar-refractivity contribution >= 4 is 5.84 Å². The van der Waals surface area contributed by atoms with E-state index in [2.05, 4.69) is 15.2 Å². The van der Waals surface area contributed by atoms with Crippen molar-refractivity contribution in [3.63, 3.8) is 0 Å². The van der Waals surface area contributed by atoms with E-state index in [4.69, 9.17) is 0 Å². The van der Waals surface area contributed by atoms with Crippen molar-refractivity contribution in [3.05, 3.63) is 22.9 Å². The van der Waals surface area contributed by atoms with Gasteiger partial charge in [0, 0.05) is 6.20 Å². The van der Waals surface area contributed by atoms with Crippen molar-refractivity contribution in [2.75, 3.05) is 0 Å². The summed E-state index contributed by atoms with van der Waals surface area (Å²) in [6, 6.07) is 1.75. The van der Waals surface area contributed by atoms with Crippen LogP contribution in [0.1, 0.15) is 33.4 Å². The number of aliphatic imine (C=N–C) groups is 1. The summed E-state index contributed by atoms with van der Waals surface area (Å²) in [5.41, 5.74) is -0.258. The Bertz CT molecular complexity index is 428. The van der Waals surface area contributed by atoms with Crippen molar-refractivity contribution in [2.24, 2.45) is 4.99 Å². The van der Waals surface area contributed by atoms with Crippen molar-refractivity contribution in [2.45, 2.75) is 38.8 Å². The lowest BCUT2D eigenvalue weighted by molar-refractivity contribution is -0.514. The van der Waals surface area contributed by atoms with Gasteiger partial charge in [-0.1, -0.05) is 9.90 Å². The van der Waals surface area contributed by atoms with E-state index >= 15 is 0 Å². The minimum absolute atomic E-state index is 0.394. The lowest BCUT2D eigenvalue weighted by Crippen LogP contribution is -2.47. The maximum atomic E-state index is 12.1. The fourth-order valence-electron chi connectivity index (χ4n) is 1.51. The molecule has 5 nitrogen and oxygen atoms in total. The van der Waals surface area contributed by atoms with Crippen LogP contribution >= 0.6 is 0 Å². The molecule has 80 valence electrons. The highest BCUT2D eigenvalue weighted by atomic mass is 16.3. The molecule has 5 heteroatoms. The van der Waals surface area contributed by atoms with Gasteiger partial charge in [-0.2, -0.15) is 5.10 Å². The Labute approximate surface area is 88.2 Å². The molecule has 0 aromatic carbocycles. The van der Waals surface area contributed by atoms with Crippen molar-refractivity contribution < 1.29 is 4.76 Å². The first-order chi connectivity index (χ1) is 6.86. The molecule has 0 radical (unpaired) electrons. The third-order valence-electron chi connectivity index (χ3n) is 3.32. The molecule has 0 aliphatic carbocycles. The molecule has 1 aromatic rings. The van der Waals surface area contributed by atoms with Crippen LogP contribution < -0.4 is 0 Å². The van der Waals surface area contributed by atoms with Crippen LogP contribution in [0.3, 0.4) is 0 Å². The molecule has 1 aromatic heterocycles. The Kier molecular flexibility index (Phi) is 1.83. The van der Waals surface area contributed by atoms with Crippen LogP contribution in [0, 0.1) is 4.91 Å². The van der Waals surface area contributed by atoms with E-state index in [1.807, 2.05) is 27.7 Å². The molecule has 0 saturated heterocycles. The molecular weight excluding hydrogens is 192 g/mol. The summed E-state index contributed by atoms with van der Waals surface area (Å²) in [7, 11) is 0. The van der Waals surface area contributed by atoms with Crippen LogP contribution in [-0.2, 0) is 0 Å². The molecule has 0 amide bonds. The predicted molar refractivity (Wildman–Crippen MR) is 56.9 cm³/mol. The maximum Gasteiger partial charge on any atom is 0.382 e. The van der Waals surface area contributed by atoms with Crippen LogP contribution in [-0.4, -0.2) is 31.9 Å². The third kappa shape index (κ3) is 1.22. The zero-order valence-corrected chi connectivity index (χ0v) is 9.40. The van der Waals surface area contributed by atoms with E-state index < -0.39 is 11.1 Å². The van der Waals surface area contributed by atoms with Gasteiger partial charge in [0.1, 0.15) is 0 Å². The van der Waals surface area contributed by atoms with Crippen LogP contribution in [0.25, 0.3) is 0 Å². The number of hydrogen-bond acceptors (Lipinski definition) is 3. The maximum absolute atomic E-state index is 12.1. The van der Waals surface area contributed by atoms with Crippen molar-refractivity contribution in [3.8, 4) is 0 Å². The molecule has 2 rings (SSSR count). The molecule has 15 heavy (non-hydrogen) atoms. The summed E-state index contributed by atoms with van der Waals surface area (Å²) in [5, 5.41) is 6.59. The van der Waals surface area contributed by atoms with Crippen molar-refractivity contribution in [1.29, 1.82) is 0 Å². The fourth-order valence-corrected chi connectivity index (χ4v) is 1.51. The molecule has 0 unspecified atom stereocenters. The third-order valence-corrected chi connectivity index (χ3v) is 3.32.